The van der Waals surface area contributed by atoms with E-state index in [0.29, 0.717) is 12.1 Å². The van der Waals surface area contributed by atoms with Crippen LogP contribution in [0.5, 0.6) is 0 Å². The third kappa shape index (κ3) is 3.91. The fourth-order valence-corrected chi connectivity index (χ4v) is 3.54. The molecule has 6 heteroatoms. The molecule has 150 valence electrons. The van der Waals surface area contributed by atoms with Crippen LogP contribution in [0.25, 0.3) is 22.2 Å². The zero-order valence-corrected chi connectivity index (χ0v) is 16.6. The summed E-state index contributed by atoms with van der Waals surface area (Å²) in [5.74, 6) is -0.216. The highest BCUT2D eigenvalue weighted by Crippen LogP contribution is 2.27. The number of nitrogens with one attached hydrogen (secondary N) is 1. The van der Waals surface area contributed by atoms with Crippen LogP contribution in [0.4, 0.5) is 5.69 Å². The molecule has 1 amide bonds. The molecular formula is C25H19N5O. The Bertz CT molecular complexity index is 1350. The van der Waals surface area contributed by atoms with Gasteiger partial charge in [-0.1, -0.05) is 48.5 Å². The molecule has 5 aromatic rings. The van der Waals surface area contributed by atoms with E-state index in [1.54, 1.807) is 24.8 Å². The van der Waals surface area contributed by atoms with Gasteiger partial charge in [-0.05, 0) is 35.4 Å². The second kappa shape index (κ2) is 8.20. The number of anilines is 1. The average Bonchev–Trinajstić information content (AvgIpc) is 3.22. The molecule has 0 fully saturated rings. The molecule has 3 aromatic heterocycles. The lowest BCUT2D eigenvalue weighted by Gasteiger charge is -2.11. The summed E-state index contributed by atoms with van der Waals surface area (Å²) in [6.45, 7) is 0.627. The highest BCUT2D eigenvalue weighted by atomic mass is 16.1. The van der Waals surface area contributed by atoms with Gasteiger partial charge in [0.05, 0.1) is 18.3 Å². The molecule has 0 atom stereocenters. The van der Waals surface area contributed by atoms with E-state index in [-0.39, 0.29) is 5.91 Å². The Labute approximate surface area is 179 Å². The Kier molecular flexibility index (Phi) is 4.94. The number of carbonyl (C=O) groups excluding carboxylic acids is 1. The topological polar surface area (TPSA) is 72.7 Å². The van der Waals surface area contributed by atoms with Gasteiger partial charge >= 0.3 is 0 Å². The Morgan fingerprint density at radius 2 is 1.68 bits per heavy atom. The number of amides is 1. The number of para-hydroxylation sites is 1. The molecule has 1 N–H and O–H groups in total. The average molecular weight is 405 g/mol. The van der Waals surface area contributed by atoms with Crippen LogP contribution in [-0.4, -0.2) is 25.7 Å². The first-order valence-electron chi connectivity index (χ1n) is 9.94. The van der Waals surface area contributed by atoms with Gasteiger partial charge in [0.1, 0.15) is 0 Å². The summed E-state index contributed by atoms with van der Waals surface area (Å²) in [5.41, 5.74) is 5.03. The van der Waals surface area contributed by atoms with Gasteiger partial charge in [0.2, 0.25) is 0 Å². The minimum Gasteiger partial charge on any atom is -0.321 e. The van der Waals surface area contributed by atoms with Gasteiger partial charge in [0, 0.05) is 35.2 Å². The molecule has 2 aromatic carbocycles. The first kappa shape index (κ1) is 18.7. The molecule has 0 aliphatic rings. The number of rotatable bonds is 5. The molecular weight excluding hydrogens is 386 g/mol. The fourth-order valence-electron chi connectivity index (χ4n) is 3.54. The third-order valence-corrected chi connectivity index (χ3v) is 5.08. The zero-order valence-electron chi connectivity index (χ0n) is 16.6. The standard InChI is InChI=1S/C25H19N5O/c31-25(29-23-9-5-4-8-22(23)19-10-12-26-13-11-19)21-14-20-16-28-30(24(20)27-15-21)17-18-6-2-1-3-7-18/h1-16H,17H2,(H,29,31). The van der Waals surface area contributed by atoms with Crippen molar-refractivity contribution in [3.05, 3.63) is 109 Å². The molecule has 31 heavy (non-hydrogen) atoms. The van der Waals surface area contributed by atoms with Gasteiger partial charge in [-0.2, -0.15) is 5.10 Å². The molecule has 0 saturated carbocycles. The lowest BCUT2D eigenvalue weighted by Crippen LogP contribution is -2.13. The minimum atomic E-state index is -0.216. The first-order valence-corrected chi connectivity index (χ1v) is 9.94. The van der Waals surface area contributed by atoms with Crippen molar-refractivity contribution < 1.29 is 4.79 Å². The number of aromatic nitrogens is 4. The van der Waals surface area contributed by atoms with Crippen LogP contribution in [-0.2, 0) is 6.54 Å². The molecule has 0 unspecified atom stereocenters. The van der Waals surface area contributed by atoms with Gasteiger partial charge in [0.25, 0.3) is 5.91 Å². The summed E-state index contributed by atoms with van der Waals surface area (Å²) in [6.07, 6.45) is 6.81. The summed E-state index contributed by atoms with van der Waals surface area (Å²) in [6, 6.07) is 23.4. The van der Waals surface area contributed by atoms with Gasteiger partial charge in [-0.25, -0.2) is 9.67 Å². The number of fused-ring (bicyclic) bond motifs is 1. The Morgan fingerprint density at radius 3 is 2.52 bits per heavy atom. The Hall–Kier alpha value is -4.32. The second-order valence-electron chi connectivity index (χ2n) is 7.16. The molecule has 0 bridgehead atoms. The SMILES string of the molecule is O=C(Nc1ccccc1-c1ccncc1)c1cnc2c(cnn2Cc2ccccc2)c1. The van der Waals surface area contributed by atoms with Crippen molar-refractivity contribution in [2.24, 2.45) is 0 Å². The zero-order chi connectivity index (χ0) is 21.0. The van der Waals surface area contributed by atoms with Gasteiger partial charge in [-0.15, -0.1) is 0 Å². The van der Waals surface area contributed by atoms with Crippen molar-refractivity contribution >= 4 is 22.6 Å². The summed E-state index contributed by atoms with van der Waals surface area (Å²) in [4.78, 5) is 21.5. The molecule has 3 heterocycles. The number of hydrogen-bond acceptors (Lipinski definition) is 4. The Balaban J connectivity index is 1.40. The van der Waals surface area contributed by atoms with E-state index < -0.39 is 0 Å². The van der Waals surface area contributed by atoms with Crippen molar-refractivity contribution in [3.63, 3.8) is 0 Å². The maximum absolute atomic E-state index is 12.9. The van der Waals surface area contributed by atoms with Crippen LogP contribution in [0, 0.1) is 0 Å². The molecule has 0 aliphatic heterocycles. The summed E-state index contributed by atoms with van der Waals surface area (Å²) in [5, 5.41) is 8.28. The van der Waals surface area contributed by atoms with Crippen molar-refractivity contribution in [2.45, 2.75) is 6.54 Å². The highest BCUT2D eigenvalue weighted by Gasteiger charge is 2.13. The smallest absolute Gasteiger partial charge is 0.257 e. The van der Waals surface area contributed by atoms with Crippen LogP contribution < -0.4 is 5.32 Å². The molecule has 5 rings (SSSR count). The molecule has 0 radical (unpaired) electrons. The lowest BCUT2D eigenvalue weighted by atomic mass is 10.0. The molecule has 0 spiro atoms. The van der Waals surface area contributed by atoms with Crippen molar-refractivity contribution in [1.29, 1.82) is 0 Å². The van der Waals surface area contributed by atoms with Gasteiger partial charge in [0.15, 0.2) is 5.65 Å². The Morgan fingerprint density at radius 1 is 0.903 bits per heavy atom. The van der Waals surface area contributed by atoms with Crippen molar-refractivity contribution in [2.75, 3.05) is 5.32 Å². The van der Waals surface area contributed by atoms with E-state index in [1.807, 2.05) is 65.3 Å². The molecule has 0 saturated heterocycles. The van der Waals surface area contributed by atoms with Crippen LogP contribution in [0.3, 0.4) is 0 Å². The molecule has 0 aliphatic carbocycles. The number of hydrogen-bond donors (Lipinski definition) is 1. The monoisotopic (exact) mass is 405 g/mol. The van der Waals surface area contributed by atoms with E-state index in [2.05, 4.69) is 32.5 Å². The maximum atomic E-state index is 12.9. The van der Waals surface area contributed by atoms with Crippen LogP contribution >= 0.6 is 0 Å². The number of nitrogens with zero attached hydrogens (tertiary/aromatic N) is 4. The quantitative estimate of drug-likeness (QED) is 0.456. The van der Waals surface area contributed by atoms with Crippen LogP contribution in [0.2, 0.25) is 0 Å². The van der Waals surface area contributed by atoms with Crippen LogP contribution in [0.15, 0.2) is 97.6 Å². The van der Waals surface area contributed by atoms with E-state index >= 15 is 0 Å². The van der Waals surface area contributed by atoms with E-state index in [1.165, 1.54) is 0 Å². The summed E-state index contributed by atoms with van der Waals surface area (Å²) in [7, 11) is 0. The first-order chi connectivity index (χ1) is 15.3. The number of benzene rings is 2. The van der Waals surface area contributed by atoms with E-state index in [0.717, 1.165) is 33.4 Å². The highest BCUT2D eigenvalue weighted by molar-refractivity contribution is 6.07. The van der Waals surface area contributed by atoms with E-state index in [9.17, 15) is 4.79 Å². The predicted octanol–water partition coefficient (Wildman–Crippen LogP) is 4.79. The van der Waals surface area contributed by atoms with Gasteiger partial charge < -0.3 is 5.32 Å². The lowest BCUT2D eigenvalue weighted by molar-refractivity contribution is 0.102. The number of carbonyl (C=O) groups is 1. The fraction of sp³-hybridized carbons (Fsp3) is 0.0400. The normalized spacial score (nSPS) is 10.8. The van der Waals surface area contributed by atoms with Crippen molar-refractivity contribution in [1.82, 2.24) is 19.7 Å². The predicted molar refractivity (Wildman–Crippen MR) is 121 cm³/mol. The summed E-state index contributed by atoms with van der Waals surface area (Å²) >= 11 is 0. The second-order valence-corrected chi connectivity index (χ2v) is 7.16. The number of pyridine rings is 2. The largest absolute Gasteiger partial charge is 0.321 e. The van der Waals surface area contributed by atoms with Gasteiger partial charge in [-0.3, -0.25) is 9.78 Å². The van der Waals surface area contributed by atoms with Crippen molar-refractivity contribution in [3.8, 4) is 11.1 Å². The minimum absolute atomic E-state index is 0.216. The van der Waals surface area contributed by atoms with Crippen LogP contribution in [0.1, 0.15) is 15.9 Å². The summed E-state index contributed by atoms with van der Waals surface area (Å²) < 4.78 is 1.84. The maximum Gasteiger partial charge on any atom is 0.257 e. The third-order valence-electron chi connectivity index (χ3n) is 5.08. The van der Waals surface area contributed by atoms with E-state index in [4.69, 9.17) is 0 Å². The molecule has 6 nitrogen and oxygen atoms in total.